The molecular weight excluding hydrogens is 1850 g/mol. The number of aliphatic hydroxyl groups excluding tert-OH is 32. The fraction of sp³-hybridized carbons (Fsp3) is 0.933. The SMILES string of the molecule is CC(=O)NC1[C@H](OC2C(O)[C@H](O)[C@H](CO)C[C@@H]2O[C@@H]2C(O)[C@H](O[C@@H]3C(CO)O[C@H]4OC(C)=NC4[C@H]3O)OC(CO[C@H]3OC(CO)[C@@H](O)[C@H](O)C3O[C@@H]3OC(CO)[C@@H](O[C@@H]4OC(CO[C@]5(C(=O)O)O[C@@H](CO)[C@@H](O)C([C@H](O)[C@H](O)CO)C5O)[C@H](O)[C@H](O)C4O)[C@H](O)C3NC(C)=O)[C@H]2O)OC(CO)[C@@H](O[C@@H]2OC(CO[C@]3(C(=O)O)O[C@@H](CO)[C@@H](O)C([C@H](O)[C@H](O)CO)C3O)[C@H](O)[C@H](O)C2O)[C@@H]1O. The number of aliphatic imine (C=N–C) groups is 1. The van der Waals surface area contributed by atoms with Gasteiger partial charge in [-0.1, -0.05) is 0 Å². The van der Waals surface area contributed by atoms with Gasteiger partial charge in [-0.15, -0.1) is 0 Å². The van der Waals surface area contributed by atoms with Crippen molar-refractivity contribution in [3.8, 4) is 0 Å². The molecule has 36 N–H and O–H groups in total. The Morgan fingerprint density at radius 3 is 1.15 bits per heavy atom. The minimum absolute atomic E-state index is 0.0107. The second-order valence-corrected chi connectivity index (χ2v) is 34.5. The van der Waals surface area contributed by atoms with Crippen molar-refractivity contribution in [3.05, 3.63) is 0 Å². The molecule has 0 aromatic carbocycles. The van der Waals surface area contributed by atoms with Crippen molar-refractivity contribution in [2.75, 3.05) is 79.3 Å². The van der Waals surface area contributed by atoms with Gasteiger partial charge in [-0.2, -0.15) is 0 Å². The van der Waals surface area contributed by atoms with Gasteiger partial charge < -0.3 is 274 Å². The molecule has 0 aromatic heterocycles. The summed E-state index contributed by atoms with van der Waals surface area (Å²) in [4.78, 5) is 56.6. The number of hydrogen-bond donors (Lipinski definition) is 36. The van der Waals surface area contributed by atoms with Crippen LogP contribution in [0, 0.1) is 17.8 Å². The van der Waals surface area contributed by atoms with Crippen molar-refractivity contribution in [1.29, 1.82) is 0 Å². The van der Waals surface area contributed by atoms with Crippen LogP contribution in [-0.2, 0) is 109 Å². The van der Waals surface area contributed by atoms with Gasteiger partial charge in [0.25, 0.3) is 11.6 Å². The molecule has 10 aliphatic heterocycles. The van der Waals surface area contributed by atoms with Gasteiger partial charge in [0.1, 0.15) is 220 Å². The van der Waals surface area contributed by atoms with Crippen molar-refractivity contribution in [3.63, 3.8) is 0 Å². The lowest BCUT2D eigenvalue weighted by atomic mass is 9.78. The van der Waals surface area contributed by atoms with Crippen LogP contribution in [0.2, 0.25) is 0 Å². The zero-order valence-electron chi connectivity index (χ0n) is 71.8. The Kier molecular flexibility index (Phi) is 38.4. The van der Waals surface area contributed by atoms with E-state index in [0.717, 1.165) is 13.8 Å². The molecule has 10 heterocycles. The first-order chi connectivity index (χ1) is 63.7. The number of aliphatic carboxylic acids is 2. The van der Waals surface area contributed by atoms with E-state index in [1.165, 1.54) is 6.92 Å². The van der Waals surface area contributed by atoms with Gasteiger partial charge in [0.05, 0.1) is 109 Å². The largest absolute Gasteiger partial charge is 0.477 e. The fourth-order valence-electron chi connectivity index (χ4n) is 18.3. The second-order valence-electron chi connectivity index (χ2n) is 34.5. The second kappa shape index (κ2) is 46.8. The lowest BCUT2D eigenvalue weighted by Crippen LogP contribution is -2.71. The molecule has 0 bridgehead atoms. The number of carboxylic acid groups (broad SMARTS) is 2. The predicted molar refractivity (Wildman–Crippen MR) is 412 cm³/mol. The number of carbonyl (C=O) groups excluding carboxylic acids is 2. The number of rotatable bonds is 38. The van der Waals surface area contributed by atoms with E-state index in [1.807, 2.05) is 0 Å². The molecule has 0 aromatic rings. The van der Waals surface area contributed by atoms with E-state index in [1.54, 1.807) is 0 Å². The molecule has 11 rings (SSSR count). The van der Waals surface area contributed by atoms with E-state index in [2.05, 4.69) is 15.6 Å². The van der Waals surface area contributed by atoms with Crippen LogP contribution in [0.5, 0.6) is 0 Å². The van der Waals surface area contributed by atoms with E-state index < -0.39 is 439 Å². The monoisotopic (exact) mass is 1980 g/mol. The van der Waals surface area contributed by atoms with E-state index in [-0.39, 0.29) is 5.90 Å². The Morgan fingerprint density at radius 2 is 0.741 bits per heavy atom. The Morgan fingerprint density at radius 1 is 0.370 bits per heavy atom. The molecule has 0 radical (unpaired) electrons. The van der Waals surface area contributed by atoms with E-state index in [4.69, 9.17) is 90.0 Å². The van der Waals surface area contributed by atoms with Crippen molar-refractivity contribution in [1.82, 2.24) is 10.6 Å². The Labute approximate surface area is 761 Å². The molecule has 0 spiro atoms. The Hall–Kier alpha value is -4.65. The maximum Gasteiger partial charge on any atom is 0.367 e. The van der Waals surface area contributed by atoms with Crippen LogP contribution in [0.4, 0.5) is 0 Å². The third-order valence-corrected chi connectivity index (χ3v) is 25.7. The van der Waals surface area contributed by atoms with Gasteiger partial charge in [-0.25, -0.2) is 14.6 Å². The summed E-state index contributed by atoms with van der Waals surface area (Å²) in [6.45, 7) is -11.3. The summed E-state index contributed by atoms with van der Waals surface area (Å²) >= 11 is 0. The average Bonchev–Trinajstić information content (AvgIpc) is 1.70. The van der Waals surface area contributed by atoms with Crippen molar-refractivity contribution in [2.24, 2.45) is 22.7 Å². The zero-order valence-corrected chi connectivity index (χ0v) is 71.8. The van der Waals surface area contributed by atoms with E-state index in [9.17, 15) is 193 Å². The third kappa shape index (κ3) is 22.6. The Bertz CT molecular complexity index is 3800. The maximum atomic E-state index is 13.2. The van der Waals surface area contributed by atoms with Crippen LogP contribution >= 0.6 is 0 Å². The highest BCUT2D eigenvalue weighted by Crippen LogP contribution is 2.45. The van der Waals surface area contributed by atoms with Gasteiger partial charge in [0.15, 0.2) is 43.6 Å². The van der Waals surface area contributed by atoms with Crippen LogP contribution in [-0.4, -0.2) is 594 Å². The number of nitrogens with zero attached hydrogens (tertiary/aromatic N) is 1. The topological polar surface area (TPSA) is 968 Å². The lowest BCUT2D eigenvalue weighted by molar-refractivity contribution is -0.385. The number of carbonyl (C=O) groups is 4. The van der Waals surface area contributed by atoms with Gasteiger partial charge in [-0.3, -0.25) is 9.59 Å². The van der Waals surface area contributed by atoms with Crippen LogP contribution in [0.3, 0.4) is 0 Å². The first kappa shape index (κ1) is 111. The van der Waals surface area contributed by atoms with Gasteiger partial charge in [0.2, 0.25) is 18.1 Å². The Balaban J connectivity index is 0.845. The van der Waals surface area contributed by atoms with Gasteiger partial charge in [0, 0.05) is 45.1 Å². The smallest absolute Gasteiger partial charge is 0.367 e. The summed E-state index contributed by atoms with van der Waals surface area (Å²) in [6, 6.07) is -5.44. The third-order valence-electron chi connectivity index (χ3n) is 25.7. The minimum Gasteiger partial charge on any atom is -0.477 e. The molecule has 780 valence electrons. The summed E-state index contributed by atoms with van der Waals surface area (Å²) in [5, 5.41) is 382. The van der Waals surface area contributed by atoms with Crippen molar-refractivity contribution < 1.29 is 283 Å². The normalized spacial score (nSPS) is 48.5. The van der Waals surface area contributed by atoms with Gasteiger partial charge >= 0.3 is 11.9 Å². The molecule has 60 heteroatoms. The van der Waals surface area contributed by atoms with E-state index in [0.29, 0.717) is 0 Å². The number of fused-ring (bicyclic) bond motifs is 1. The molecule has 20 unspecified atom stereocenters. The maximum absolute atomic E-state index is 13.2. The molecule has 54 atom stereocenters. The fourth-order valence-corrected chi connectivity index (χ4v) is 18.3. The lowest BCUT2D eigenvalue weighted by Gasteiger charge is -2.51. The number of ether oxygens (including phenoxy) is 19. The highest BCUT2D eigenvalue weighted by atomic mass is 16.8. The summed E-state index contributed by atoms with van der Waals surface area (Å²) in [5.74, 6) is -19.4. The summed E-state index contributed by atoms with van der Waals surface area (Å²) in [5.41, 5.74) is 0. The summed E-state index contributed by atoms with van der Waals surface area (Å²) in [7, 11) is 0. The standard InChI is InChI=1S/C75H123N3O57/c1-17(88)76-35-47(101)58(130-68-54(108)50(104)44(98)31(127-68)15-118-74(72(113)114)63(111)33(39(93)21(90)6-80)41(95)25(9-83)134-74)28(12-86)124-66(35)129-57-23(4-20(5-79)38(92)52(57)106)121-61-46(100)30(126-70(56(61)110)132-60-27(11-85)123-65-37(49(60)103)78-19(3)120-65)14-117-71-62(53(107)43(97)24(8-82)122-71)133-67-36(77-18(2)89)48(102)59(29(13-87)125-67)131-69-55(109)51(105)45(99)32(128-69)16-119-75(73(115)116)64(112)34(40(94)22(91)7-81)42(96)26(10-84)135-75/h20-71,79-87,90-112H,4-16H2,1-3H3,(H,76,88)(H,77,89)(H,113,114)(H,115,116)/t20-,21+,22+,23-,24?,25-,26-,27?,28?,29?,30?,31?,32?,33?,34?,35?,36?,37?,38+,39+,40+,41+,42+,43+,44-,45-,46+,47+,48+,49+,50-,51-,52?,53-,54?,55?,56?,57?,58+,59+,60+,61-,62?,63?,64?,65+,66-,67-,68-,69-,70-,71-,74-,75-/m0/s1. The van der Waals surface area contributed by atoms with Crippen LogP contribution in [0.1, 0.15) is 27.2 Å². The molecule has 1 aliphatic carbocycles. The molecule has 9 saturated heterocycles. The first-order valence-electron chi connectivity index (χ1n) is 42.9. The summed E-state index contributed by atoms with van der Waals surface area (Å²) in [6.07, 6.45) is -102. The van der Waals surface area contributed by atoms with Crippen molar-refractivity contribution in [2.45, 2.75) is 339 Å². The minimum atomic E-state index is -3.48. The van der Waals surface area contributed by atoms with Crippen LogP contribution < -0.4 is 10.6 Å². The first-order valence-corrected chi connectivity index (χ1v) is 42.9. The quantitative estimate of drug-likeness (QED) is 0.0273. The molecular formula is C75H123N3O57. The van der Waals surface area contributed by atoms with E-state index >= 15 is 0 Å². The molecule has 2 amide bonds. The number of carboxylic acids is 2. The molecule has 10 fully saturated rings. The number of amides is 2. The average molecular weight is 1980 g/mol. The molecule has 1 saturated carbocycles. The highest BCUT2D eigenvalue weighted by Gasteiger charge is 2.67. The van der Waals surface area contributed by atoms with Crippen LogP contribution in [0.15, 0.2) is 4.99 Å². The summed E-state index contributed by atoms with van der Waals surface area (Å²) < 4.78 is 112. The number of nitrogens with one attached hydrogen (secondary N) is 2. The molecule has 135 heavy (non-hydrogen) atoms. The zero-order chi connectivity index (χ0) is 99.7. The van der Waals surface area contributed by atoms with Gasteiger partial charge in [-0.05, 0) is 6.42 Å². The highest BCUT2D eigenvalue weighted by molar-refractivity contribution is 5.78. The molecule has 11 aliphatic rings. The number of hydrogen-bond acceptors (Lipinski definition) is 56. The number of aliphatic hydroxyl groups is 32. The van der Waals surface area contributed by atoms with Crippen molar-refractivity contribution >= 4 is 29.7 Å². The molecule has 60 nitrogen and oxygen atoms in total. The predicted octanol–water partition coefficient (Wildman–Crippen LogP) is -23.5. The van der Waals surface area contributed by atoms with Crippen LogP contribution in [0.25, 0.3) is 0 Å².